The van der Waals surface area contributed by atoms with Crippen LogP contribution in [-0.2, 0) is 6.54 Å². The summed E-state index contributed by atoms with van der Waals surface area (Å²) in [7, 11) is 0. The molecule has 0 saturated carbocycles. The number of nitrogens with zero attached hydrogens (tertiary/aromatic N) is 1. The van der Waals surface area contributed by atoms with Gasteiger partial charge in [0.1, 0.15) is 5.69 Å². The fourth-order valence-corrected chi connectivity index (χ4v) is 3.42. The Morgan fingerprint density at radius 1 is 1.11 bits per heavy atom. The minimum Gasteiger partial charge on any atom is -0.463 e. The first-order valence-corrected chi connectivity index (χ1v) is 9.17. The molecule has 0 aliphatic rings. The summed E-state index contributed by atoms with van der Waals surface area (Å²) in [6, 6.07) is 21.1. The Bertz CT molecular complexity index is 1080. The Balaban J connectivity index is 1.66. The van der Waals surface area contributed by atoms with Crippen molar-refractivity contribution in [3.05, 3.63) is 94.8 Å². The average molecular weight is 379 g/mol. The topological polar surface area (TPSA) is 47.2 Å². The molecule has 4 rings (SSSR count). The molecule has 0 saturated heterocycles. The summed E-state index contributed by atoms with van der Waals surface area (Å²) >= 11 is 6.33. The van der Waals surface area contributed by atoms with E-state index in [0.717, 1.165) is 16.6 Å². The quantitative estimate of drug-likeness (QED) is 0.503. The molecule has 136 valence electrons. The second-order valence-corrected chi connectivity index (χ2v) is 6.89. The van der Waals surface area contributed by atoms with Crippen LogP contribution in [0.5, 0.6) is 0 Å². The maximum Gasteiger partial charge on any atom is 0.268 e. The smallest absolute Gasteiger partial charge is 0.268 e. The van der Waals surface area contributed by atoms with Gasteiger partial charge in [0, 0.05) is 23.7 Å². The minimum absolute atomic E-state index is 0.103. The van der Waals surface area contributed by atoms with Crippen molar-refractivity contribution in [3.63, 3.8) is 0 Å². The second-order valence-electron chi connectivity index (χ2n) is 6.48. The number of hydrogen-bond donors (Lipinski definition) is 1. The van der Waals surface area contributed by atoms with E-state index in [2.05, 4.69) is 5.32 Å². The largest absolute Gasteiger partial charge is 0.463 e. The van der Waals surface area contributed by atoms with Gasteiger partial charge < -0.3 is 14.3 Å². The highest BCUT2D eigenvalue weighted by atomic mass is 35.5. The molecule has 0 aliphatic heterocycles. The number of hydrogen-bond acceptors (Lipinski definition) is 2. The van der Waals surface area contributed by atoms with Crippen molar-refractivity contribution in [2.75, 3.05) is 0 Å². The molecular weight excluding hydrogens is 360 g/mol. The van der Waals surface area contributed by atoms with Gasteiger partial charge in [-0.2, -0.15) is 0 Å². The molecule has 0 fully saturated rings. The Kier molecular flexibility index (Phi) is 4.73. The number of aromatic nitrogens is 1. The van der Waals surface area contributed by atoms with Crippen LogP contribution in [0.2, 0.25) is 5.02 Å². The normalized spacial score (nSPS) is 12.2. The van der Waals surface area contributed by atoms with Gasteiger partial charge in [-0.25, -0.2) is 0 Å². The lowest BCUT2D eigenvalue weighted by Gasteiger charge is -2.16. The zero-order valence-electron chi connectivity index (χ0n) is 14.9. The predicted octanol–water partition coefficient (Wildman–Crippen LogP) is 5.43. The van der Waals surface area contributed by atoms with Crippen LogP contribution in [0, 0.1) is 0 Å². The molecule has 5 heteroatoms. The third-order valence-corrected chi connectivity index (χ3v) is 5.06. The summed E-state index contributed by atoms with van der Waals surface area (Å²) in [5.41, 5.74) is 4.10. The van der Waals surface area contributed by atoms with Crippen molar-refractivity contribution in [1.82, 2.24) is 9.88 Å². The van der Waals surface area contributed by atoms with Crippen molar-refractivity contribution in [1.29, 1.82) is 0 Å². The summed E-state index contributed by atoms with van der Waals surface area (Å²) in [5, 5.41) is 3.74. The van der Waals surface area contributed by atoms with Crippen molar-refractivity contribution >= 4 is 28.6 Å². The molecule has 1 amide bonds. The number of fused-ring (bicyclic) bond motifs is 1. The minimum atomic E-state index is -0.148. The summed E-state index contributed by atoms with van der Waals surface area (Å²) in [6.07, 6.45) is 1.63. The number of furan rings is 1. The molecule has 4 aromatic rings. The van der Waals surface area contributed by atoms with Gasteiger partial charge in [-0.05, 0) is 24.1 Å². The summed E-state index contributed by atoms with van der Waals surface area (Å²) in [5.74, 6) is -0.148. The van der Waals surface area contributed by atoms with Crippen LogP contribution in [0.4, 0.5) is 0 Å². The number of rotatable bonds is 5. The van der Waals surface area contributed by atoms with E-state index in [9.17, 15) is 4.79 Å². The lowest BCUT2D eigenvalue weighted by Crippen LogP contribution is -2.28. The fraction of sp³-hybridized carbons (Fsp3) is 0.136. The van der Waals surface area contributed by atoms with Crippen LogP contribution < -0.4 is 5.32 Å². The van der Waals surface area contributed by atoms with E-state index in [1.54, 1.807) is 12.3 Å². The van der Waals surface area contributed by atoms with E-state index in [-0.39, 0.29) is 11.9 Å². The van der Waals surface area contributed by atoms with Crippen LogP contribution in [0.15, 0.2) is 77.4 Å². The highest BCUT2D eigenvalue weighted by molar-refractivity contribution is 6.31. The van der Waals surface area contributed by atoms with E-state index >= 15 is 0 Å². The molecular formula is C22H19ClN2O2. The number of carbonyl (C=O) groups excluding carboxylic acids is 1. The third-order valence-electron chi connectivity index (χ3n) is 4.69. The van der Waals surface area contributed by atoms with Crippen molar-refractivity contribution in [3.8, 4) is 0 Å². The van der Waals surface area contributed by atoms with Crippen LogP contribution in [0.25, 0.3) is 11.1 Å². The Morgan fingerprint density at radius 2 is 1.85 bits per heavy atom. The van der Waals surface area contributed by atoms with Crippen LogP contribution >= 0.6 is 11.6 Å². The van der Waals surface area contributed by atoms with Gasteiger partial charge in [0.05, 0.1) is 17.8 Å². The molecule has 0 spiro atoms. The zero-order chi connectivity index (χ0) is 18.8. The first-order valence-electron chi connectivity index (χ1n) is 8.79. The molecule has 1 atom stereocenters. The SMILES string of the molecule is C[C@H](NC(=O)c1cc2occc2n1Cc1ccccc1Cl)c1ccccc1. The number of halogens is 1. The van der Waals surface area contributed by atoms with Crippen molar-refractivity contribution in [2.45, 2.75) is 19.5 Å². The van der Waals surface area contributed by atoms with E-state index in [1.807, 2.05) is 72.2 Å². The van der Waals surface area contributed by atoms with E-state index in [4.69, 9.17) is 16.0 Å². The van der Waals surface area contributed by atoms with Gasteiger partial charge in [-0.1, -0.05) is 60.1 Å². The standard InChI is InChI=1S/C22H19ClN2O2/c1-15(16-7-3-2-4-8-16)24-22(26)20-13-21-19(11-12-27-21)25(20)14-17-9-5-6-10-18(17)23/h2-13,15H,14H2,1H3,(H,24,26)/t15-/m0/s1. The van der Waals surface area contributed by atoms with Gasteiger partial charge in [0.15, 0.2) is 5.58 Å². The monoisotopic (exact) mass is 378 g/mol. The first kappa shape index (κ1) is 17.4. The number of nitrogens with one attached hydrogen (secondary N) is 1. The van der Waals surface area contributed by atoms with E-state index in [0.29, 0.717) is 22.8 Å². The first-order chi connectivity index (χ1) is 13.1. The molecule has 1 N–H and O–H groups in total. The molecule has 2 aromatic heterocycles. The molecule has 4 nitrogen and oxygen atoms in total. The Labute approximate surface area is 162 Å². The van der Waals surface area contributed by atoms with Gasteiger partial charge in [0.25, 0.3) is 5.91 Å². The molecule has 0 unspecified atom stereocenters. The maximum atomic E-state index is 13.0. The molecule has 2 aromatic carbocycles. The Hall–Kier alpha value is -2.98. The lowest BCUT2D eigenvalue weighted by molar-refractivity contribution is 0.0931. The number of amides is 1. The van der Waals surface area contributed by atoms with Crippen molar-refractivity contribution < 1.29 is 9.21 Å². The van der Waals surface area contributed by atoms with Crippen LogP contribution in [0.1, 0.15) is 34.6 Å². The summed E-state index contributed by atoms with van der Waals surface area (Å²) < 4.78 is 7.45. The van der Waals surface area contributed by atoms with Crippen molar-refractivity contribution in [2.24, 2.45) is 0 Å². The molecule has 27 heavy (non-hydrogen) atoms. The summed E-state index contributed by atoms with van der Waals surface area (Å²) in [4.78, 5) is 13.0. The Morgan fingerprint density at radius 3 is 2.63 bits per heavy atom. The lowest BCUT2D eigenvalue weighted by atomic mass is 10.1. The number of benzene rings is 2. The highest BCUT2D eigenvalue weighted by Gasteiger charge is 2.20. The van der Waals surface area contributed by atoms with Crippen LogP contribution in [0.3, 0.4) is 0 Å². The highest BCUT2D eigenvalue weighted by Crippen LogP contribution is 2.25. The summed E-state index contributed by atoms with van der Waals surface area (Å²) in [6.45, 7) is 2.46. The number of carbonyl (C=O) groups is 1. The van der Waals surface area contributed by atoms with Gasteiger partial charge >= 0.3 is 0 Å². The fourth-order valence-electron chi connectivity index (χ4n) is 3.23. The van der Waals surface area contributed by atoms with Gasteiger partial charge in [-0.3, -0.25) is 4.79 Å². The maximum absolute atomic E-state index is 13.0. The second kappa shape index (κ2) is 7.33. The molecule has 0 bridgehead atoms. The average Bonchev–Trinajstić information content (AvgIpc) is 3.27. The third kappa shape index (κ3) is 3.49. The van der Waals surface area contributed by atoms with Gasteiger partial charge in [0.2, 0.25) is 0 Å². The molecule has 2 heterocycles. The van der Waals surface area contributed by atoms with Gasteiger partial charge in [-0.15, -0.1) is 0 Å². The van der Waals surface area contributed by atoms with E-state index in [1.165, 1.54) is 0 Å². The van der Waals surface area contributed by atoms with E-state index < -0.39 is 0 Å². The zero-order valence-corrected chi connectivity index (χ0v) is 15.6. The van der Waals surface area contributed by atoms with Crippen LogP contribution in [-0.4, -0.2) is 10.5 Å². The predicted molar refractivity (Wildman–Crippen MR) is 107 cm³/mol. The molecule has 0 aliphatic carbocycles. The molecule has 0 radical (unpaired) electrons.